The lowest BCUT2D eigenvalue weighted by atomic mass is 9.92. The topological polar surface area (TPSA) is 110 Å². The number of pyridine rings is 1. The van der Waals surface area contributed by atoms with Gasteiger partial charge in [-0.2, -0.15) is 13.2 Å². The molecule has 40 heavy (non-hydrogen) atoms. The molecular formula is C27H34F3N5O5. The lowest BCUT2D eigenvalue weighted by Crippen LogP contribution is -2.50. The molecule has 0 radical (unpaired) electrons. The summed E-state index contributed by atoms with van der Waals surface area (Å²) in [5.41, 5.74) is -1.67. The van der Waals surface area contributed by atoms with Crippen LogP contribution in [0.2, 0.25) is 0 Å². The zero-order valence-electron chi connectivity index (χ0n) is 22.7. The molecule has 0 unspecified atom stereocenters. The Morgan fingerprint density at radius 2 is 1.73 bits per heavy atom. The van der Waals surface area contributed by atoms with E-state index in [2.05, 4.69) is 15.2 Å². The second-order valence-corrected chi connectivity index (χ2v) is 11.1. The maximum Gasteiger partial charge on any atom is 0.423 e. The van der Waals surface area contributed by atoms with E-state index in [1.165, 1.54) is 6.07 Å². The van der Waals surface area contributed by atoms with Crippen molar-refractivity contribution in [2.24, 2.45) is 0 Å². The van der Waals surface area contributed by atoms with Crippen LogP contribution in [0.15, 0.2) is 36.7 Å². The highest BCUT2D eigenvalue weighted by molar-refractivity contribution is 5.68. The highest BCUT2D eigenvalue weighted by atomic mass is 19.4. The Morgan fingerprint density at radius 3 is 2.33 bits per heavy atom. The molecule has 1 aromatic heterocycles. The van der Waals surface area contributed by atoms with Gasteiger partial charge in [-0.3, -0.25) is 15.1 Å². The minimum Gasteiger partial charge on any atom is -0.489 e. The van der Waals surface area contributed by atoms with Crippen molar-refractivity contribution in [1.82, 2.24) is 9.88 Å². The molecule has 1 aliphatic heterocycles. The third-order valence-corrected chi connectivity index (χ3v) is 6.84. The number of alkyl halides is 3. The monoisotopic (exact) mass is 565 g/mol. The first-order chi connectivity index (χ1) is 18.8. The molecule has 1 N–H and O–H groups in total. The molecule has 2 aliphatic rings. The fraction of sp³-hybridized carbons (Fsp3) is 0.556. The molecule has 1 saturated heterocycles. The van der Waals surface area contributed by atoms with Gasteiger partial charge in [-0.1, -0.05) is 0 Å². The van der Waals surface area contributed by atoms with Gasteiger partial charge in [0.2, 0.25) is 0 Å². The van der Waals surface area contributed by atoms with E-state index < -0.39 is 28.0 Å². The Bertz CT molecular complexity index is 1200. The molecule has 0 spiro atoms. The molecular weight excluding hydrogens is 531 g/mol. The Kier molecular flexibility index (Phi) is 8.59. The van der Waals surface area contributed by atoms with E-state index in [0.717, 1.165) is 17.8 Å². The molecule has 2 fully saturated rings. The third-order valence-electron chi connectivity index (χ3n) is 6.84. The van der Waals surface area contributed by atoms with Crippen LogP contribution < -0.4 is 15.0 Å². The van der Waals surface area contributed by atoms with Crippen LogP contribution in [0.5, 0.6) is 5.75 Å². The van der Waals surface area contributed by atoms with Crippen molar-refractivity contribution in [2.45, 2.75) is 70.4 Å². The van der Waals surface area contributed by atoms with Crippen molar-refractivity contribution in [3.8, 4) is 5.75 Å². The number of carbonyl (C=O) groups is 1. The summed E-state index contributed by atoms with van der Waals surface area (Å²) < 4.78 is 51.5. The zero-order valence-corrected chi connectivity index (χ0v) is 22.7. The van der Waals surface area contributed by atoms with Crippen molar-refractivity contribution >= 4 is 23.2 Å². The van der Waals surface area contributed by atoms with Gasteiger partial charge in [0.1, 0.15) is 16.9 Å². The van der Waals surface area contributed by atoms with Crippen LogP contribution in [-0.4, -0.2) is 64.8 Å². The van der Waals surface area contributed by atoms with E-state index in [9.17, 15) is 28.1 Å². The number of aromatic nitrogens is 1. The summed E-state index contributed by atoms with van der Waals surface area (Å²) >= 11 is 0. The molecule has 13 heteroatoms. The summed E-state index contributed by atoms with van der Waals surface area (Å²) in [6.07, 6.45) is 0.927. The maximum absolute atomic E-state index is 13.3. The van der Waals surface area contributed by atoms with Crippen LogP contribution in [-0.2, 0) is 10.9 Å². The van der Waals surface area contributed by atoms with E-state index in [0.29, 0.717) is 57.6 Å². The second kappa shape index (κ2) is 11.8. The molecule has 2 heterocycles. The van der Waals surface area contributed by atoms with Crippen molar-refractivity contribution in [3.63, 3.8) is 0 Å². The number of carbonyl (C=O) groups excluding carboxylic acids is 1. The molecule has 1 amide bonds. The van der Waals surface area contributed by atoms with Gasteiger partial charge < -0.3 is 24.6 Å². The summed E-state index contributed by atoms with van der Waals surface area (Å²) in [5.74, 6) is 0.633. The van der Waals surface area contributed by atoms with Crippen LogP contribution in [0.3, 0.4) is 0 Å². The Hall–Kier alpha value is -3.77. The predicted molar refractivity (Wildman–Crippen MR) is 143 cm³/mol. The molecule has 218 valence electrons. The first-order valence-corrected chi connectivity index (χ1v) is 13.3. The number of amides is 1. The van der Waals surface area contributed by atoms with E-state index in [4.69, 9.17) is 9.47 Å². The number of anilines is 2. The van der Waals surface area contributed by atoms with Crippen LogP contribution in [0.4, 0.5) is 35.0 Å². The number of nitrogens with one attached hydrogen (secondary N) is 1. The number of nitro groups is 1. The minimum absolute atomic E-state index is 0.0679. The normalized spacial score (nSPS) is 20.1. The Morgan fingerprint density at radius 1 is 1.05 bits per heavy atom. The summed E-state index contributed by atoms with van der Waals surface area (Å²) in [7, 11) is 0. The van der Waals surface area contributed by atoms with Crippen molar-refractivity contribution < 1.29 is 32.4 Å². The number of ether oxygens (including phenoxy) is 2. The van der Waals surface area contributed by atoms with Crippen LogP contribution in [0, 0.1) is 10.1 Å². The number of halogens is 3. The smallest absolute Gasteiger partial charge is 0.423 e. The van der Waals surface area contributed by atoms with Gasteiger partial charge in [0.15, 0.2) is 0 Å². The SMILES string of the molecule is CC(C)(C)OC(=O)N1CCN(c2cncc(OC3CCC(Nc4ccc([N+](=O)[O-])c(C(F)(F)F)c4)CC3)c2)CC1. The van der Waals surface area contributed by atoms with Crippen LogP contribution in [0.25, 0.3) is 0 Å². The number of hydrogen-bond acceptors (Lipinski definition) is 8. The summed E-state index contributed by atoms with van der Waals surface area (Å²) in [5, 5.41) is 14.1. The molecule has 4 rings (SSSR count). The third kappa shape index (κ3) is 7.66. The summed E-state index contributed by atoms with van der Waals surface area (Å²) in [6, 6.07) is 4.84. The van der Waals surface area contributed by atoms with Gasteiger partial charge in [0.05, 0.1) is 29.1 Å². The standard InChI is InChI=1S/C27H34F3N5O5/c1-26(2,3)40-25(36)34-12-10-33(11-13-34)20-15-22(17-31-16-20)39-21-7-4-18(5-8-21)32-19-6-9-24(35(37)38)23(14-19)27(28,29)30/h6,9,14-18,21,32H,4-5,7-8,10-13H2,1-3H3. The van der Waals surface area contributed by atoms with Crippen molar-refractivity contribution in [3.05, 3.63) is 52.3 Å². The van der Waals surface area contributed by atoms with E-state index in [1.54, 1.807) is 17.3 Å². The average molecular weight is 566 g/mol. The summed E-state index contributed by atoms with van der Waals surface area (Å²) in [6.45, 7) is 7.88. The lowest BCUT2D eigenvalue weighted by molar-refractivity contribution is -0.388. The lowest BCUT2D eigenvalue weighted by Gasteiger charge is -2.36. The molecule has 1 aliphatic carbocycles. The molecule has 1 aromatic carbocycles. The van der Waals surface area contributed by atoms with Gasteiger partial charge in [-0.15, -0.1) is 0 Å². The maximum atomic E-state index is 13.3. The highest BCUT2D eigenvalue weighted by Gasteiger charge is 2.38. The van der Waals surface area contributed by atoms with E-state index >= 15 is 0 Å². The van der Waals surface area contributed by atoms with E-state index in [1.807, 2.05) is 26.8 Å². The first kappa shape index (κ1) is 29.2. The van der Waals surface area contributed by atoms with Crippen LogP contribution in [0.1, 0.15) is 52.0 Å². The summed E-state index contributed by atoms with van der Waals surface area (Å²) in [4.78, 5) is 30.5. The molecule has 10 nitrogen and oxygen atoms in total. The minimum atomic E-state index is -4.82. The zero-order chi connectivity index (χ0) is 29.1. The fourth-order valence-corrected chi connectivity index (χ4v) is 4.88. The number of nitrogens with zero attached hydrogens (tertiary/aromatic N) is 4. The number of hydrogen-bond donors (Lipinski definition) is 1. The molecule has 0 atom stereocenters. The Labute approximate surface area is 230 Å². The quantitative estimate of drug-likeness (QED) is 0.342. The number of nitro benzene ring substituents is 1. The molecule has 0 bridgehead atoms. The molecule has 2 aromatic rings. The van der Waals surface area contributed by atoms with E-state index in [-0.39, 0.29) is 23.9 Å². The van der Waals surface area contributed by atoms with Gasteiger partial charge in [-0.05, 0) is 58.6 Å². The largest absolute Gasteiger partial charge is 0.489 e. The van der Waals surface area contributed by atoms with Gasteiger partial charge in [-0.25, -0.2) is 4.79 Å². The highest BCUT2D eigenvalue weighted by Crippen LogP contribution is 2.38. The predicted octanol–water partition coefficient (Wildman–Crippen LogP) is 5.87. The molecule has 1 saturated carbocycles. The second-order valence-electron chi connectivity index (χ2n) is 11.1. The number of benzene rings is 1. The van der Waals surface area contributed by atoms with Gasteiger partial charge in [0.25, 0.3) is 5.69 Å². The number of piperazine rings is 1. The fourth-order valence-electron chi connectivity index (χ4n) is 4.88. The van der Waals surface area contributed by atoms with Crippen molar-refractivity contribution in [1.29, 1.82) is 0 Å². The number of rotatable bonds is 6. The Balaban J connectivity index is 1.28. The van der Waals surface area contributed by atoms with Crippen molar-refractivity contribution in [2.75, 3.05) is 36.4 Å². The van der Waals surface area contributed by atoms with Crippen LogP contribution >= 0.6 is 0 Å². The average Bonchev–Trinajstić information content (AvgIpc) is 2.88. The van der Waals surface area contributed by atoms with Gasteiger partial charge in [0, 0.05) is 50.0 Å². The van der Waals surface area contributed by atoms with Gasteiger partial charge >= 0.3 is 12.3 Å². The first-order valence-electron chi connectivity index (χ1n) is 13.3.